The molecular weight excluding hydrogens is 422 g/mol. The molecule has 0 bridgehead atoms. The van der Waals surface area contributed by atoms with Gasteiger partial charge in [0.1, 0.15) is 18.5 Å². The van der Waals surface area contributed by atoms with E-state index in [4.69, 9.17) is 4.74 Å². The van der Waals surface area contributed by atoms with Gasteiger partial charge in [0, 0.05) is 19.1 Å². The zero-order valence-corrected chi connectivity index (χ0v) is 20.8. The first kappa shape index (κ1) is 24.7. The van der Waals surface area contributed by atoms with Gasteiger partial charge in [-0.2, -0.15) is 0 Å². The predicted molar refractivity (Wildman–Crippen MR) is 130 cm³/mol. The quantitative estimate of drug-likeness (QED) is 0.646. The van der Waals surface area contributed by atoms with E-state index in [1.165, 1.54) is 5.56 Å². The monoisotopic (exact) mass is 459 g/mol. The summed E-state index contributed by atoms with van der Waals surface area (Å²) in [6.45, 7) is 11.7. The largest absolute Gasteiger partial charge is 0.491 e. The van der Waals surface area contributed by atoms with Gasteiger partial charge in [-0.3, -0.25) is 4.90 Å². The molecule has 1 fully saturated rings. The molecule has 0 radical (unpaired) electrons. The molecule has 0 saturated carbocycles. The van der Waals surface area contributed by atoms with Gasteiger partial charge in [-0.25, -0.2) is 8.42 Å². The lowest BCUT2D eigenvalue weighted by Gasteiger charge is -2.30. The van der Waals surface area contributed by atoms with Crippen LogP contribution in [0.25, 0.3) is 0 Å². The molecular formula is C26H37NO4S. The van der Waals surface area contributed by atoms with Gasteiger partial charge in [-0.1, -0.05) is 51.1 Å². The number of aliphatic hydroxyl groups excluding tert-OH is 1. The van der Waals surface area contributed by atoms with Crippen LogP contribution in [0, 0.1) is 13.8 Å². The van der Waals surface area contributed by atoms with Gasteiger partial charge in [0.2, 0.25) is 0 Å². The second-order valence-corrected chi connectivity index (χ2v) is 12.5. The molecule has 3 rings (SSSR count). The van der Waals surface area contributed by atoms with Crippen LogP contribution in [0.5, 0.6) is 5.75 Å². The maximum atomic E-state index is 12.1. The second kappa shape index (κ2) is 9.94. The van der Waals surface area contributed by atoms with Gasteiger partial charge in [-0.15, -0.1) is 0 Å². The third kappa shape index (κ3) is 7.06. The number of sulfone groups is 1. The number of rotatable bonds is 8. The number of aryl methyl sites for hydroxylation is 2. The summed E-state index contributed by atoms with van der Waals surface area (Å²) in [4.78, 5) is 2.10. The summed E-state index contributed by atoms with van der Waals surface area (Å²) in [5.74, 6) is 1.11. The summed E-state index contributed by atoms with van der Waals surface area (Å²) >= 11 is 0. The fourth-order valence-corrected chi connectivity index (χ4v) is 6.04. The maximum Gasteiger partial charge on any atom is 0.151 e. The molecule has 6 heteroatoms. The number of ether oxygens (including phenoxy) is 1. The summed E-state index contributed by atoms with van der Waals surface area (Å²) in [7, 11) is -3.01. The highest BCUT2D eigenvalue weighted by Crippen LogP contribution is 2.25. The minimum absolute atomic E-state index is 0.0828. The average molecular weight is 460 g/mol. The lowest BCUT2D eigenvalue weighted by Crippen LogP contribution is -2.42. The van der Waals surface area contributed by atoms with E-state index in [1.54, 1.807) is 0 Å². The highest BCUT2D eigenvalue weighted by atomic mass is 32.2. The molecule has 1 heterocycles. The summed E-state index contributed by atoms with van der Waals surface area (Å²) in [6, 6.07) is 14.4. The second-order valence-electron chi connectivity index (χ2n) is 10.2. The van der Waals surface area contributed by atoms with Crippen LogP contribution in [0.15, 0.2) is 42.5 Å². The smallest absolute Gasteiger partial charge is 0.151 e. The molecule has 2 aromatic rings. The molecule has 1 saturated heterocycles. The Balaban J connectivity index is 1.68. The van der Waals surface area contributed by atoms with Crippen LogP contribution >= 0.6 is 0 Å². The molecule has 1 N–H and O–H groups in total. The Bertz CT molecular complexity index is 989. The SMILES string of the molecule is Cc1cc(C)cc(OCC(O)CN(Cc2ccc(C(C)(C)C)cc2)C2CCS(=O)(=O)C2)c1. The van der Waals surface area contributed by atoms with E-state index in [0.717, 1.165) is 22.4 Å². The van der Waals surface area contributed by atoms with Crippen LogP contribution in [0.2, 0.25) is 0 Å². The van der Waals surface area contributed by atoms with Crippen molar-refractivity contribution < 1.29 is 18.3 Å². The Morgan fingerprint density at radius 1 is 1.09 bits per heavy atom. The van der Waals surface area contributed by atoms with Crippen LogP contribution in [-0.4, -0.2) is 55.2 Å². The van der Waals surface area contributed by atoms with Crippen molar-refractivity contribution in [3.63, 3.8) is 0 Å². The number of benzene rings is 2. The van der Waals surface area contributed by atoms with Crippen LogP contribution in [0.1, 0.15) is 49.4 Å². The van der Waals surface area contributed by atoms with E-state index in [9.17, 15) is 13.5 Å². The maximum absolute atomic E-state index is 12.1. The fraction of sp³-hybridized carbons (Fsp3) is 0.538. The Morgan fingerprint density at radius 2 is 1.72 bits per heavy atom. The minimum atomic E-state index is -3.01. The lowest BCUT2D eigenvalue weighted by atomic mass is 9.86. The van der Waals surface area contributed by atoms with Crippen LogP contribution in [0.4, 0.5) is 0 Å². The first-order valence-corrected chi connectivity index (χ1v) is 13.2. The highest BCUT2D eigenvalue weighted by molar-refractivity contribution is 7.91. The minimum Gasteiger partial charge on any atom is -0.491 e. The van der Waals surface area contributed by atoms with Crippen molar-refractivity contribution in [2.24, 2.45) is 0 Å². The van der Waals surface area contributed by atoms with E-state index >= 15 is 0 Å². The van der Waals surface area contributed by atoms with Gasteiger partial charge >= 0.3 is 0 Å². The summed E-state index contributed by atoms with van der Waals surface area (Å²) < 4.78 is 30.0. The van der Waals surface area contributed by atoms with Crippen molar-refractivity contribution >= 4 is 9.84 Å². The summed E-state index contributed by atoms with van der Waals surface area (Å²) in [5.41, 5.74) is 4.69. The highest BCUT2D eigenvalue weighted by Gasteiger charge is 2.33. The molecule has 0 amide bonds. The Labute approximate surface area is 193 Å². The van der Waals surface area contributed by atoms with Crippen LogP contribution < -0.4 is 4.74 Å². The normalized spacial score (nSPS) is 19.3. The van der Waals surface area contributed by atoms with Crippen molar-refractivity contribution in [2.45, 2.75) is 65.1 Å². The summed E-state index contributed by atoms with van der Waals surface area (Å²) in [5, 5.41) is 10.7. The van der Waals surface area contributed by atoms with Gasteiger partial charge in [0.15, 0.2) is 9.84 Å². The topological polar surface area (TPSA) is 66.8 Å². The fourth-order valence-electron chi connectivity index (χ4n) is 4.28. The number of nitrogens with zero attached hydrogens (tertiary/aromatic N) is 1. The number of hydrogen-bond donors (Lipinski definition) is 1. The molecule has 0 aliphatic carbocycles. The summed E-state index contributed by atoms with van der Waals surface area (Å²) in [6.07, 6.45) is -0.111. The molecule has 1 aliphatic rings. The predicted octanol–water partition coefficient (Wildman–Crippen LogP) is 4.03. The third-order valence-corrected chi connectivity index (χ3v) is 7.76. The average Bonchev–Trinajstić information content (AvgIpc) is 3.05. The molecule has 0 spiro atoms. The Morgan fingerprint density at radius 3 is 2.25 bits per heavy atom. The van der Waals surface area contributed by atoms with E-state index in [0.29, 0.717) is 19.5 Å². The first-order chi connectivity index (χ1) is 14.9. The van der Waals surface area contributed by atoms with E-state index in [1.807, 2.05) is 26.0 Å². The Kier molecular flexibility index (Phi) is 7.69. The van der Waals surface area contributed by atoms with Crippen LogP contribution in [0.3, 0.4) is 0 Å². The van der Waals surface area contributed by atoms with Gasteiger partial charge < -0.3 is 9.84 Å². The van der Waals surface area contributed by atoms with Crippen molar-refractivity contribution in [2.75, 3.05) is 24.7 Å². The molecule has 2 atom stereocenters. The molecule has 5 nitrogen and oxygen atoms in total. The van der Waals surface area contributed by atoms with Crippen LogP contribution in [-0.2, 0) is 21.8 Å². The molecule has 176 valence electrons. The molecule has 32 heavy (non-hydrogen) atoms. The van der Waals surface area contributed by atoms with E-state index in [-0.39, 0.29) is 29.6 Å². The van der Waals surface area contributed by atoms with Gasteiger partial charge in [0.25, 0.3) is 0 Å². The number of aliphatic hydroxyl groups is 1. The zero-order valence-electron chi connectivity index (χ0n) is 20.0. The van der Waals surface area contributed by atoms with Crippen molar-refractivity contribution in [3.05, 3.63) is 64.7 Å². The van der Waals surface area contributed by atoms with Crippen molar-refractivity contribution in [1.29, 1.82) is 0 Å². The molecule has 2 unspecified atom stereocenters. The van der Waals surface area contributed by atoms with E-state index in [2.05, 4.69) is 56.0 Å². The lowest BCUT2D eigenvalue weighted by molar-refractivity contribution is 0.0524. The zero-order chi connectivity index (χ0) is 23.5. The van der Waals surface area contributed by atoms with Crippen molar-refractivity contribution in [1.82, 2.24) is 4.90 Å². The van der Waals surface area contributed by atoms with E-state index < -0.39 is 15.9 Å². The first-order valence-electron chi connectivity index (χ1n) is 11.3. The standard InChI is InChI=1S/C26H37NO4S/c1-19-12-20(2)14-25(13-19)31-17-24(28)16-27(23-10-11-32(29,30)18-23)15-21-6-8-22(9-7-21)26(3,4)5/h6-9,12-14,23-24,28H,10-11,15-18H2,1-5H3. The molecule has 1 aliphatic heterocycles. The third-order valence-electron chi connectivity index (χ3n) is 6.01. The molecule has 0 aromatic heterocycles. The number of hydrogen-bond acceptors (Lipinski definition) is 5. The van der Waals surface area contributed by atoms with Crippen molar-refractivity contribution in [3.8, 4) is 5.75 Å². The Hall–Kier alpha value is -1.89. The van der Waals surface area contributed by atoms with Gasteiger partial charge in [0.05, 0.1) is 11.5 Å². The van der Waals surface area contributed by atoms with Gasteiger partial charge in [-0.05, 0) is 60.1 Å². The molecule has 2 aromatic carbocycles.